The van der Waals surface area contributed by atoms with Crippen LogP contribution < -0.4 is 0 Å². The number of rotatable bonds is 8. The summed E-state index contributed by atoms with van der Waals surface area (Å²) < 4.78 is 0. The van der Waals surface area contributed by atoms with E-state index >= 15 is 0 Å². The van der Waals surface area contributed by atoms with E-state index in [0.717, 1.165) is 12.7 Å². The number of hydrogen-bond acceptors (Lipinski definition) is 1. The minimum Gasteiger partial charge on any atom is -0.303 e. The normalized spacial score (nSPS) is 10.2. The van der Waals surface area contributed by atoms with E-state index in [1.807, 2.05) is 57.2 Å². The predicted molar refractivity (Wildman–Crippen MR) is 89.6 cm³/mol. The van der Waals surface area contributed by atoms with E-state index in [1.54, 1.807) is 0 Å². The number of hydrogen-bond donors (Lipinski definition) is 0. The molecule has 0 radical (unpaired) electrons. The molecule has 0 aliphatic rings. The Morgan fingerprint density at radius 3 is 1.74 bits per heavy atom. The molecule has 112 valence electrons. The molecule has 0 N–H and O–H groups in total. The van der Waals surface area contributed by atoms with Crippen molar-refractivity contribution >= 4 is 6.29 Å². The molecular weight excluding hydrogens is 232 g/mol. The number of unbranched alkanes of at least 4 members (excludes halogenated alkanes) is 4. The van der Waals surface area contributed by atoms with Crippen molar-refractivity contribution in [1.82, 2.24) is 0 Å². The molecule has 0 aromatic rings. The van der Waals surface area contributed by atoms with E-state index in [4.69, 9.17) is 0 Å². The van der Waals surface area contributed by atoms with Crippen LogP contribution in [0.25, 0.3) is 0 Å². The van der Waals surface area contributed by atoms with Gasteiger partial charge in [-0.05, 0) is 13.3 Å². The second kappa shape index (κ2) is 30.2. The average Bonchev–Trinajstić information content (AvgIpc) is 2.47. The molecule has 0 aliphatic heterocycles. The average molecular weight is 266 g/mol. The SMILES string of the molecule is C/C=C\C=C/C=CCCC=O.CC.CCCCCC. The van der Waals surface area contributed by atoms with Crippen LogP contribution in [0.15, 0.2) is 36.5 Å². The van der Waals surface area contributed by atoms with Crippen molar-refractivity contribution in [3.05, 3.63) is 36.5 Å². The summed E-state index contributed by atoms with van der Waals surface area (Å²) >= 11 is 0. The zero-order valence-corrected chi connectivity index (χ0v) is 13.7. The van der Waals surface area contributed by atoms with Crippen molar-refractivity contribution in [3.63, 3.8) is 0 Å². The fraction of sp³-hybridized carbons (Fsp3) is 0.611. The zero-order chi connectivity index (χ0) is 15.2. The fourth-order valence-corrected chi connectivity index (χ4v) is 1.08. The second-order valence-corrected chi connectivity index (χ2v) is 3.79. The first-order chi connectivity index (χ1) is 9.33. The minimum atomic E-state index is 0.619. The van der Waals surface area contributed by atoms with Crippen LogP contribution in [0.3, 0.4) is 0 Å². The summed E-state index contributed by atoms with van der Waals surface area (Å²) in [6.45, 7) is 10.4. The Kier molecular flexibility index (Phi) is 36.5. The lowest BCUT2D eigenvalue weighted by atomic mass is 10.2. The van der Waals surface area contributed by atoms with E-state index < -0.39 is 0 Å². The second-order valence-electron chi connectivity index (χ2n) is 3.79. The first-order valence-corrected chi connectivity index (χ1v) is 7.71. The summed E-state index contributed by atoms with van der Waals surface area (Å²) in [4.78, 5) is 9.88. The maximum atomic E-state index is 9.88. The fourth-order valence-electron chi connectivity index (χ4n) is 1.08. The first-order valence-electron chi connectivity index (χ1n) is 7.71. The molecule has 0 unspecified atom stereocenters. The Bertz CT molecular complexity index is 208. The van der Waals surface area contributed by atoms with E-state index in [0.29, 0.717) is 6.42 Å². The molecular formula is C18H34O. The highest BCUT2D eigenvalue weighted by atomic mass is 16.1. The van der Waals surface area contributed by atoms with Crippen LogP contribution in [0.2, 0.25) is 0 Å². The largest absolute Gasteiger partial charge is 0.303 e. The third kappa shape index (κ3) is 38.3. The number of carbonyl (C=O) groups excluding carboxylic acids is 1. The molecule has 0 heterocycles. The van der Waals surface area contributed by atoms with Gasteiger partial charge in [-0.2, -0.15) is 0 Å². The molecule has 0 spiro atoms. The predicted octanol–water partition coefficient (Wildman–Crippen LogP) is 6.27. The lowest BCUT2D eigenvalue weighted by Gasteiger charge is -1.86. The van der Waals surface area contributed by atoms with Gasteiger partial charge in [0.1, 0.15) is 6.29 Å². The first kappa shape index (κ1) is 23.0. The summed E-state index contributed by atoms with van der Waals surface area (Å²) in [5.74, 6) is 0. The van der Waals surface area contributed by atoms with Crippen LogP contribution in [-0.4, -0.2) is 6.29 Å². The van der Waals surface area contributed by atoms with Gasteiger partial charge in [-0.15, -0.1) is 0 Å². The number of carbonyl (C=O) groups is 1. The van der Waals surface area contributed by atoms with Gasteiger partial charge in [0.15, 0.2) is 0 Å². The van der Waals surface area contributed by atoms with Gasteiger partial charge in [0, 0.05) is 6.42 Å². The van der Waals surface area contributed by atoms with Crippen molar-refractivity contribution < 1.29 is 4.79 Å². The molecule has 0 saturated carbocycles. The Labute approximate surface area is 121 Å². The van der Waals surface area contributed by atoms with Crippen LogP contribution >= 0.6 is 0 Å². The van der Waals surface area contributed by atoms with Crippen molar-refractivity contribution in [2.24, 2.45) is 0 Å². The van der Waals surface area contributed by atoms with E-state index in [2.05, 4.69) is 13.8 Å². The molecule has 1 nitrogen and oxygen atoms in total. The maximum Gasteiger partial charge on any atom is 0.120 e. The molecule has 0 amide bonds. The number of aldehydes is 1. The van der Waals surface area contributed by atoms with Crippen molar-refractivity contribution in [2.75, 3.05) is 0 Å². The van der Waals surface area contributed by atoms with Gasteiger partial charge in [-0.25, -0.2) is 0 Å². The lowest BCUT2D eigenvalue weighted by molar-refractivity contribution is -0.107. The van der Waals surface area contributed by atoms with Gasteiger partial charge in [0.2, 0.25) is 0 Å². The molecule has 19 heavy (non-hydrogen) atoms. The van der Waals surface area contributed by atoms with E-state index in [-0.39, 0.29) is 0 Å². The maximum absolute atomic E-state index is 9.88. The molecule has 0 aliphatic carbocycles. The molecule has 1 heteroatoms. The van der Waals surface area contributed by atoms with Gasteiger partial charge in [-0.1, -0.05) is 89.8 Å². The van der Waals surface area contributed by atoms with Gasteiger partial charge in [-0.3, -0.25) is 0 Å². The van der Waals surface area contributed by atoms with Crippen LogP contribution in [-0.2, 0) is 4.79 Å². The summed E-state index contributed by atoms with van der Waals surface area (Å²) in [5, 5.41) is 0. The summed E-state index contributed by atoms with van der Waals surface area (Å²) in [6, 6.07) is 0. The molecule has 0 bridgehead atoms. The van der Waals surface area contributed by atoms with Crippen LogP contribution in [0, 0.1) is 0 Å². The van der Waals surface area contributed by atoms with E-state index in [1.165, 1.54) is 25.7 Å². The Morgan fingerprint density at radius 1 is 0.789 bits per heavy atom. The minimum absolute atomic E-state index is 0.619. The molecule has 0 rings (SSSR count). The smallest absolute Gasteiger partial charge is 0.120 e. The van der Waals surface area contributed by atoms with Crippen LogP contribution in [0.1, 0.15) is 73.1 Å². The van der Waals surface area contributed by atoms with E-state index in [9.17, 15) is 4.79 Å². The standard InChI is InChI=1S/C10H14O.C6H14.C2H6/c1-2-3-4-5-6-7-8-9-10-11;1-3-5-6-4-2;1-2/h2-7,10H,8-9H2,1H3;3-6H2,1-2H3;1-2H3/b3-2-,5-4-,7-6?;;. The van der Waals surface area contributed by atoms with Crippen LogP contribution in [0.5, 0.6) is 0 Å². The lowest BCUT2D eigenvalue weighted by Crippen LogP contribution is -1.68. The number of allylic oxidation sites excluding steroid dienone is 6. The Morgan fingerprint density at radius 2 is 1.32 bits per heavy atom. The Balaban J connectivity index is -0.000000271. The van der Waals surface area contributed by atoms with Crippen molar-refractivity contribution in [1.29, 1.82) is 0 Å². The summed E-state index contributed by atoms with van der Waals surface area (Å²) in [5.41, 5.74) is 0. The van der Waals surface area contributed by atoms with Gasteiger partial charge < -0.3 is 4.79 Å². The molecule has 0 saturated heterocycles. The van der Waals surface area contributed by atoms with Gasteiger partial charge in [0.25, 0.3) is 0 Å². The van der Waals surface area contributed by atoms with Gasteiger partial charge in [0.05, 0.1) is 0 Å². The highest BCUT2D eigenvalue weighted by molar-refractivity contribution is 5.49. The molecule has 0 atom stereocenters. The zero-order valence-electron chi connectivity index (χ0n) is 13.7. The van der Waals surface area contributed by atoms with Gasteiger partial charge >= 0.3 is 0 Å². The van der Waals surface area contributed by atoms with Crippen LogP contribution in [0.4, 0.5) is 0 Å². The highest BCUT2D eigenvalue weighted by Gasteiger charge is 1.75. The monoisotopic (exact) mass is 266 g/mol. The van der Waals surface area contributed by atoms with Crippen molar-refractivity contribution in [2.45, 2.75) is 73.1 Å². The highest BCUT2D eigenvalue weighted by Crippen LogP contribution is 1.95. The molecule has 0 fully saturated rings. The summed E-state index contributed by atoms with van der Waals surface area (Å²) in [6.07, 6.45) is 19.7. The quantitative estimate of drug-likeness (QED) is 0.287. The third-order valence-electron chi connectivity index (χ3n) is 2.07. The molecule has 0 aromatic heterocycles. The third-order valence-corrected chi connectivity index (χ3v) is 2.07. The topological polar surface area (TPSA) is 17.1 Å². The van der Waals surface area contributed by atoms with Crippen molar-refractivity contribution in [3.8, 4) is 0 Å². The Hall–Kier alpha value is -1.11. The summed E-state index contributed by atoms with van der Waals surface area (Å²) in [7, 11) is 0. The molecule has 0 aromatic carbocycles.